The Morgan fingerprint density at radius 1 is 1.02 bits per heavy atom. The summed E-state index contributed by atoms with van der Waals surface area (Å²) in [6, 6.07) is 9.90. The molecule has 3 atom stereocenters. The second-order valence-corrected chi connectivity index (χ2v) is 12.8. The van der Waals surface area contributed by atoms with E-state index in [0.717, 1.165) is 24.9 Å². The van der Waals surface area contributed by atoms with Gasteiger partial charge in [-0.2, -0.15) is 0 Å². The van der Waals surface area contributed by atoms with Crippen molar-refractivity contribution in [2.75, 3.05) is 19.6 Å². The minimum Gasteiger partial charge on any atom is -0.349 e. The lowest BCUT2D eigenvalue weighted by Crippen LogP contribution is -2.61. The van der Waals surface area contributed by atoms with Crippen LogP contribution in [0.4, 0.5) is 13.6 Å². The van der Waals surface area contributed by atoms with Gasteiger partial charge in [-0.15, -0.1) is 0 Å². The molecule has 40 heavy (non-hydrogen) atoms. The van der Waals surface area contributed by atoms with Gasteiger partial charge in [0.15, 0.2) is 0 Å². The average Bonchev–Trinajstić information content (AvgIpc) is 3.27. The van der Waals surface area contributed by atoms with Crippen LogP contribution in [-0.4, -0.2) is 75.7 Å². The summed E-state index contributed by atoms with van der Waals surface area (Å²) in [5, 5.41) is 3.20. The van der Waals surface area contributed by atoms with E-state index in [0.29, 0.717) is 32.4 Å². The number of piperidine rings is 1. The van der Waals surface area contributed by atoms with E-state index >= 15 is 0 Å². The van der Waals surface area contributed by atoms with Crippen molar-refractivity contribution in [1.29, 1.82) is 0 Å². The van der Waals surface area contributed by atoms with Crippen LogP contribution < -0.4 is 5.32 Å². The van der Waals surface area contributed by atoms with Gasteiger partial charge >= 0.3 is 6.03 Å². The summed E-state index contributed by atoms with van der Waals surface area (Å²) in [5.74, 6) is -2.94. The van der Waals surface area contributed by atoms with Crippen LogP contribution in [0.3, 0.4) is 0 Å². The number of likely N-dealkylation sites (N-methyl/N-ethyl adjacent to an activating group) is 1. The van der Waals surface area contributed by atoms with Crippen molar-refractivity contribution < 1.29 is 23.2 Å². The quantitative estimate of drug-likeness (QED) is 0.414. The summed E-state index contributed by atoms with van der Waals surface area (Å²) in [7, 11) is 0. The van der Waals surface area contributed by atoms with Gasteiger partial charge in [0.25, 0.3) is 5.91 Å². The number of alkyl halides is 2. The van der Waals surface area contributed by atoms with E-state index in [4.69, 9.17) is 0 Å². The van der Waals surface area contributed by atoms with Gasteiger partial charge in [-0.05, 0) is 63.4 Å². The molecule has 1 aliphatic carbocycles. The molecule has 7 nitrogen and oxygen atoms in total. The number of nitrogens with one attached hydrogen (secondary N) is 1. The Morgan fingerprint density at radius 2 is 1.65 bits per heavy atom. The van der Waals surface area contributed by atoms with Crippen molar-refractivity contribution >= 4 is 17.8 Å². The second kappa shape index (κ2) is 11.4. The first kappa shape index (κ1) is 29.0. The summed E-state index contributed by atoms with van der Waals surface area (Å²) < 4.78 is 27.4. The molecule has 2 unspecified atom stereocenters. The average molecular weight is 559 g/mol. The van der Waals surface area contributed by atoms with Crippen molar-refractivity contribution in [3.8, 4) is 0 Å². The fourth-order valence-corrected chi connectivity index (χ4v) is 7.63. The minimum absolute atomic E-state index is 0.0373. The number of urea groups is 1. The normalized spacial score (nSPS) is 29.6. The molecule has 1 spiro atoms. The van der Waals surface area contributed by atoms with Crippen molar-refractivity contribution in [3.63, 3.8) is 0 Å². The third kappa shape index (κ3) is 5.50. The smallest absolute Gasteiger partial charge is 0.327 e. The molecule has 1 saturated carbocycles. The van der Waals surface area contributed by atoms with Gasteiger partial charge in [-0.3, -0.25) is 19.4 Å². The summed E-state index contributed by atoms with van der Waals surface area (Å²) in [5.41, 5.74) is 0.256. The maximum Gasteiger partial charge on any atom is 0.327 e. The molecule has 3 saturated heterocycles. The van der Waals surface area contributed by atoms with Crippen molar-refractivity contribution in [2.24, 2.45) is 11.8 Å². The lowest BCUT2D eigenvalue weighted by Gasteiger charge is -2.47. The van der Waals surface area contributed by atoms with E-state index in [1.807, 2.05) is 42.2 Å². The van der Waals surface area contributed by atoms with E-state index in [1.165, 1.54) is 4.90 Å². The highest BCUT2D eigenvalue weighted by Crippen LogP contribution is 2.48. The Morgan fingerprint density at radius 3 is 2.23 bits per heavy atom. The molecule has 4 aliphatic rings. The highest BCUT2D eigenvalue weighted by Gasteiger charge is 2.62. The SMILES string of the molecule is CCN1C(=O)N(CC(C)C)C2(CC3CCC(C2)N3CC[C@H](NC(=O)C2CCC(F)(F)CC2)c2ccccc2)C1=O. The molecule has 1 N–H and O–H groups in total. The zero-order valence-electron chi connectivity index (χ0n) is 24.1. The lowest BCUT2D eigenvalue weighted by atomic mass is 9.80. The van der Waals surface area contributed by atoms with Crippen molar-refractivity contribution in [3.05, 3.63) is 35.9 Å². The Balaban J connectivity index is 1.28. The second-order valence-electron chi connectivity index (χ2n) is 12.8. The van der Waals surface area contributed by atoms with Crippen LogP contribution in [0.2, 0.25) is 0 Å². The molecule has 2 bridgehead atoms. The third-order valence-electron chi connectivity index (χ3n) is 9.69. The number of benzene rings is 1. The number of halogens is 2. The van der Waals surface area contributed by atoms with E-state index in [2.05, 4.69) is 24.1 Å². The van der Waals surface area contributed by atoms with E-state index < -0.39 is 11.5 Å². The zero-order valence-corrected chi connectivity index (χ0v) is 24.1. The molecule has 0 aromatic heterocycles. The number of fused-ring (bicyclic) bond motifs is 2. The Bertz CT molecular complexity index is 1070. The van der Waals surface area contributed by atoms with Gasteiger partial charge in [0.05, 0.1) is 6.04 Å². The Kier molecular flexibility index (Phi) is 8.24. The van der Waals surface area contributed by atoms with Crippen LogP contribution in [-0.2, 0) is 9.59 Å². The zero-order chi connectivity index (χ0) is 28.7. The monoisotopic (exact) mass is 558 g/mol. The molecule has 220 valence electrons. The van der Waals surface area contributed by atoms with Crippen molar-refractivity contribution in [1.82, 2.24) is 20.0 Å². The molecule has 0 radical (unpaired) electrons. The molecular weight excluding hydrogens is 514 g/mol. The first-order valence-electron chi connectivity index (χ1n) is 15.2. The Labute approximate surface area is 236 Å². The van der Waals surface area contributed by atoms with Crippen molar-refractivity contribution in [2.45, 2.75) is 108 Å². The minimum atomic E-state index is -2.66. The largest absolute Gasteiger partial charge is 0.349 e. The fraction of sp³-hybridized carbons (Fsp3) is 0.710. The number of carbonyl (C=O) groups is 3. The van der Waals surface area contributed by atoms with Crippen LogP contribution in [0.25, 0.3) is 0 Å². The van der Waals surface area contributed by atoms with E-state index in [-0.39, 0.29) is 73.5 Å². The first-order chi connectivity index (χ1) is 19.0. The maximum absolute atomic E-state index is 13.7. The number of rotatable bonds is 9. The molecule has 3 heterocycles. The predicted octanol–water partition coefficient (Wildman–Crippen LogP) is 5.37. The number of carbonyl (C=O) groups excluding carboxylic acids is 3. The molecule has 1 aromatic carbocycles. The third-order valence-corrected chi connectivity index (χ3v) is 9.69. The van der Waals surface area contributed by atoms with Crippen LogP contribution in [0.5, 0.6) is 0 Å². The summed E-state index contributed by atoms with van der Waals surface area (Å²) in [4.78, 5) is 45.9. The van der Waals surface area contributed by atoms with Gasteiger partial charge in [-0.25, -0.2) is 13.6 Å². The molecule has 1 aromatic rings. The van der Waals surface area contributed by atoms with E-state index in [1.54, 1.807) is 0 Å². The Hall–Kier alpha value is -2.55. The van der Waals surface area contributed by atoms with Gasteiger partial charge < -0.3 is 10.2 Å². The molecule has 4 amide bonds. The number of hydrogen-bond acceptors (Lipinski definition) is 4. The summed E-state index contributed by atoms with van der Waals surface area (Å²) in [6.45, 7) is 7.77. The van der Waals surface area contributed by atoms with Gasteiger partial charge in [0.1, 0.15) is 5.54 Å². The molecule has 3 aliphatic heterocycles. The molecule has 4 fully saturated rings. The number of hydrogen-bond donors (Lipinski definition) is 1. The van der Waals surface area contributed by atoms with Crippen LogP contribution in [0.15, 0.2) is 30.3 Å². The summed E-state index contributed by atoms with van der Waals surface area (Å²) >= 11 is 0. The fourth-order valence-electron chi connectivity index (χ4n) is 7.63. The lowest BCUT2D eigenvalue weighted by molar-refractivity contribution is -0.137. The van der Waals surface area contributed by atoms with Crippen LogP contribution in [0, 0.1) is 11.8 Å². The topological polar surface area (TPSA) is 73.0 Å². The van der Waals surface area contributed by atoms with Crippen LogP contribution in [0.1, 0.15) is 90.2 Å². The molecule has 9 heteroatoms. The molecule has 5 rings (SSSR count). The van der Waals surface area contributed by atoms with Gasteiger partial charge in [-0.1, -0.05) is 44.2 Å². The molecular formula is C31H44F2N4O3. The number of amides is 4. The van der Waals surface area contributed by atoms with Gasteiger partial charge in [0.2, 0.25) is 11.8 Å². The van der Waals surface area contributed by atoms with Gasteiger partial charge in [0, 0.05) is 50.5 Å². The summed E-state index contributed by atoms with van der Waals surface area (Å²) in [6.07, 6.45) is 3.95. The number of nitrogens with zero attached hydrogens (tertiary/aromatic N) is 3. The van der Waals surface area contributed by atoms with E-state index in [9.17, 15) is 23.2 Å². The highest BCUT2D eigenvalue weighted by atomic mass is 19.3. The standard InChI is InChI=1S/C31H44F2N4O3/c1-4-35-28(39)30(37(29(35)40)20-21(2)3)18-24-10-11-25(19-30)36(24)17-14-26(22-8-6-5-7-9-22)34-27(38)23-12-15-31(32,33)16-13-23/h5-9,21,23-26H,4,10-20H2,1-3H3,(H,34,38)/t24?,25?,26-,30?/m0/s1. The van der Waals surface area contributed by atoms with Crippen LogP contribution >= 0.6 is 0 Å². The predicted molar refractivity (Wildman–Crippen MR) is 149 cm³/mol. The first-order valence-corrected chi connectivity index (χ1v) is 15.2. The highest BCUT2D eigenvalue weighted by molar-refractivity contribution is 6.07. The maximum atomic E-state index is 13.7. The number of imide groups is 1.